The second-order valence-corrected chi connectivity index (χ2v) is 8.83. The molecule has 1 saturated heterocycles. The van der Waals surface area contributed by atoms with Crippen LogP contribution in [0.3, 0.4) is 0 Å². The van der Waals surface area contributed by atoms with Crippen molar-refractivity contribution in [3.05, 3.63) is 33.8 Å². The number of aromatic nitrogens is 2. The average molecular weight is 367 g/mol. The molecule has 2 aromatic rings. The highest BCUT2D eigenvalue weighted by Crippen LogP contribution is 2.26. The Hall–Kier alpha value is -1.51. The predicted octanol–water partition coefficient (Wildman–Crippen LogP) is 2.81. The fraction of sp³-hybridized carbons (Fsp3) is 0.500. The van der Waals surface area contributed by atoms with Gasteiger partial charge in [0, 0.05) is 13.1 Å². The summed E-state index contributed by atoms with van der Waals surface area (Å²) < 4.78 is 28.9. The molecule has 0 amide bonds. The Morgan fingerprint density at radius 2 is 1.83 bits per heavy atom. The van der Waals surface area contributed by atoms with Crippen LogP contribution in [0.15, 0.2) is 22.4 Å². The van der Waals surface area contributed by atoms with E-state index in [0.717, 1.165) is 25.7 Å². The minimum absolute atomic E-state index is 0.175. The zero-order chi connectivity index (χ0) is 17.3. The lowest BCUT2D eigenvalue weighted by Gasteiger charge is -2.20. The lowest BCUT2D eigenvalue weighted by molar-refractivity contribution is 0.0946. The van der Waals surface area contributed by atoms with Crippen LogP contribution in [0.1, 0.15) is 46.7 Å². The van der Waals surface area contributed by atoms with Crippen LogP contribution in [-0.4, -0.2) is 41.5 Å². The van der Waals surface area contributed by atoms with Gasteiger partial charge in [-0.1, -0.05) is 18.9 Å². The molecule has 0 bridgehead atoms. The summed E-state index contributed by atoms with van der Waals surface area (Å²) in [5.74, 6) is -0.289. The van der Waals surface area contributed by atoms with Crippen molar-refractivity contribution in [2.24, 2.45) is 0 Å². The van der Waals surface area contributed by atoms with Crippen molar-refractivity contribution in [1.82, 2.24) is 14.1 Å². The molecule has 1 fully saturated rings. The van der Waals surface area contributed by atoms with Gasteiger partial charge in [-0.2, -0.15) is 14.1 Å². The number of aryl methyl sites for hydroxylation is 1. The van der Waals surface area contributed by atoms with Crippen molar-refractivity contribution in [3.8, 4) is 0 Å². The molecule has 0 unspecified atom stereocenters. The molecule has 0 aromatic carbocycles. The van der Waals surface area contributed by atoms with Gasteiger partial charge in [0.15, 0.2) is 0 Å². The van der Waals surface area contributed by atoms with Gasteiger partial charge in [0.2, 0.25) is 10.0 Å². The van der Waals surface area contributed by atoms with E-state index in [1.807, 2.05) is 5.38 Å². The van der Waals surface area contributed by atoms with Gasteiger partial charge < -0.3 is 0 Å². The van der Waals surface area contributed by atoms with E-state index >= 15 is 0 Å². The number of nitrogens with zero attached hydrogens (tertiary/aromatic N) is 3. The first-order valence-corrected chi connectivity index (χ1v) is 10.4. The number of rotatable bonds is 3. The topological polar surface area (TPSA) is 72.3 Å². The fourth-order valence-electron chi connectivity index (χ4n) is 3.12. The molecule has 0 saturated carbocycles. The van der Waals surface area contributed by atoms with Crippen molar-refractivity contribution in [2.75, 3.05) is 13.1 Å². The number of sulfonamides is 1. The van der Waals surface area contributed by atoms with Crippen LogP contribution in [-0.2, 0) is 10.0 Å². The Morgan fingerprint density at radius 1 is 1.17 bits per heavy atom. The van der Waals surface area contributed by atoms with Crippen molar-refractivity contribution in [1.29, 1.82) is 0 Å². The van der Waals surface area contributed by atoms with E-state index in [4.69, 9.17) is 0 Å². The van der Waals surface area contributed by atoms with Gasteiger partial charge in [-0.05, 0) is 38.1 Å². The van der Waals surface area contributed by atoms with E-state index in [1.54, 1.807) is 26.0 Å². The summed E-state index contributed by atoms with van der Waals surface area (Å²) in [6, 6.07) is 3.50. The standard InChI is InChI=1S/C16H21N3O3S2/c1-12-15(24(21,22)18-9-5-3-4-6-10-18)13(2)19(17-12)16(20)14-8-7-11-23-14/h7-8,11H,3-6,9-10H2,1-2H3. The summed E-state index contributed by atoms with van der Waals surface area (Å²) in [5, 5.41) is 6.03. The molecule has 24 heavy (non-hydrogen) atoms. The SMILES string of the molecule is Cc1nn(C(=O)c2cccs2)c(C)c1S(=O)(=O)N1CCCCCC1. The van der Waals surface area contributed by atoms with E-state index in [9.17, 15) is 13.2 Å². The lowest BCUT2D eigenvalue weighted by atomic mass is 10.2. The third kappa shape index (κ3) is 3.05. The molecule has 2 aromatic heterocycles. The molecule has 0 N–H and O–H groups in total. The highest BCUT2D eigenvalue weighted by Gasteiger charge is 2.32. The summed E-state index contributed by atoms with van der Waals surface area (Å²) in [6.07, 6.45) is 3.86. The highest BCUT2D eigenvalue weighted by atomic mass is 32.2. The van der Waals surface area contributed by atoms with Crippen LogP contribution in [0.5, 0.6) is 0 Å². The van der Waals surface area contributed by atoms with Crippen LogP contribution >= 0.6 is 11.3 Å². The van der Waals surface area contributed by atoms with Gasteiger partial charge in [0.05, 0.1) is 16.3 Å². The minimum atomic E-state index is -3.63. The maximum absolute atomic E-state index is 13.1. The summed E-state index contributed by atoms with van der Waals surface area (Å²) in [7, 11) is -3.63. The van der Waals surface area contributed by atoms with Crippen LogP contribution in [0.2, 0.25) is 0 Å². The largest absolute Gasteiger partial charge is 0.288 e. The van der Waals surface area contributed by atoms with Gasteiger partial charge in [-0.15, -0.1) is 11.3 Å². The molecule has 0 spiro atoms. The van der Waals surface area contributed by atoms with Crippen LogP contribution in [0.25, 0.3) is 0 Å². The summed E-state index contributed by atoms with van der Waals surface area (Å²) in [6.45, 7) is 4.36. The van der Waals surface area contributed by atoms with E-state index < -0.39 is 10.0 Å². The molecule has 6 nitrogen and oxygen atoms in total. The van der Waals surface area contributed by atoms with Crippen molar-refractivity contribution >= 4 is 27.3 Å². The molecular formula is C16H21N3O3S2. The van der Waals surface area contributed by atoms with Crippen LogP contribution in [0.4, 0.5) is 0 Å². The fourth-order valence-corrected chi connectivity index (χ4v) is 5.63. The summed E-state index contributed by atoms with van der Waals surface area (Å²) in [4.78, 5) is 13.3. The van der Waals surface area contributed by atoms with E-state index in [0.29, 0.717) is 29.4 Å². The van der Waals surface area contributed by atoms with Gasteiger partial charge >= 0.3 is 0 Å². The molecule has 8 heteroatoms. The van der Waals surface area contributed by atoms with Crippen molar-refractivity contribution < 1.29 is 13.2 Å². The molecule has 1 aliphatic heterocycles. The van der Waals surface area contributed by atoms with E-state index in [1.165, 1.54) is 20.3 Å². The van der Waals surface area contributed by atoms with Crippen molar-refractivity contribution in [3.63, 3.8) is 0 Å². The smallest absolute Gasteiger partial charge is 0.266 e. The third-order valence-electron chi connectivity index (χ3n) is 4.31. The quantitative estimate of drug-likeness (QED) is 0.836. The molecule has 130 valence electrons. The maximum atomic E-state index is 13.1. The molecule has 0 atom stereocenters. The first-order chi connectivity index (χ1) is 11.4. The summed E-state index contributed by atoms with van der Waals surface area (Å²) >= 11 is 1.32. The molecule has 1 aliphatic rings. The number of carbonyl (C=O) groups excluding carboxylic acids is 1. The minimum Gasteiger partial charge on any atom is -0.266 e. The number of hydrogen-bond donors (Lipinski definition) is 0. The molecule has 3 rings (SSSR count). The molecule has 0 aliphatic carbocycles. The average Bonchev–Trinajstić information content (AvgIpc) is 3.06. The highest BCUT2D eigenvalue weighted by molar-refractivity contribution is 7.89. The van der Waals surface area contributed by atoms with E-state index in [2.05, 4.69) is 5.10 Å². The Kier molecular flexibility index (Phi) is 4.89. The lowest BCUT2D eigenvalue weighted by Crippen LogP contribution is -2.32. The Balaban J connectivity index is 2.01. The maximum Gasteiger partial charge on any atom is 0.288 e. The third-order valence-corrected chi connectivity index (χ3v) is 7.32. The number of hydrogen-bond acceptors (Lipinski definition) is 5. The normalized spacial score (nSPS) is 16.9. The second kappa shape index (κ2) is 6.78. The molecule has 0 radical (unpaired) electrons. The van der Waals surface area contributed by atoms with Gasteiger partial charge in [0.1, 0.15) is 4.90 Å². The summed E-state index contributed by atoms with van der Waals surface area (Å²) in [5.41, 5.74) is 0.761. The Morgan fingerprint density at radius 3 is 2.42 bits per heavy atom. The van der Waals surface area contributed by atoms with Crippen LogP contribution < -0.4 is 0 Å². The zero-order valence-electron chi connectivity index (χ0n) is 13.9. The Bertz CT molecular complexity index is 830. The zero-order valence-corrected chi connectivity index (χ0v) is 15.5. The molecular weight excluding hydrogens is 346 g/mol. The monoisotopic (exact) mass is 367 g/mol. The van der Waals surface area contributed by atoms with E-state index in [-0.39, 0.29) is 10.8 Å². The van der Waals surface area contributed by atoms with Crippen molar-refractivity contribution in [2.45, 2.75) is 44.4 Å². The van der Waals surface area contributed by atoms with Crippen LogP contribution in [0, 0.1) is 13.8 Å². The van der Waals surface area contributed by atoms with Gasteiger partial charge in [0.25, 0.3) is 5.91 Å². The first kappa shape index (κ1) is 17.3. The second-order valence-electron chi connectivity index (χ2n) is 6.01. The molecule has 3 heterocycles. The van der Waals surface area contributed by atoms with Gasteiger partial charge in [-0.25, -0.2) is 8.42 Å². The predicted molar refractivity (Wildman–Crippen MR) is 93.0 cm³/mol. The Labute approximate surface area is 146 Å². The number of thiophene rings is 1. The van der Waals surface area contributed by atoms with Gasteiger partial charge in [-0.3, -0.25) is 4.79 Å². The first-order valence-electron chi connectivity index (χ1n) is 8.07. The number of carbonyl (C=O) groups is 1.